The van der Waals surface area contributed by atoms with E-state index in [2.05, 4.69) is 15.2 Å². The zero-order valence-electron chi connectivity index (χ0n) is 12.1. The van der Waals surface area contributed by atoms with Crippen LogP contribution in [0.25, 0.3) is 11.5 Å². The average Bonchev–Trinajstić information content (AvgIpc) is 3.06. The molecule has 0 aliphatic heterocycles. The van der Waals surface area contributed by atoms with Crippen molar-refractivity contribution in [1.82, 2.24) is 15.2 Å². The largest absolute Gasteiger partial charge is 0.495 e. The molecule has 8 heteroatoms. The first-order chi connectivity index (χ1) is 11.2. The van der Waals surface area contributed by atoms with Crippen molar-refractivity contribution in [2.24, 2.45) is 0 Å². The molecule has 0 saturated heterocycles. The summed E-state index contributed by atoms with van der Waals surface area (Å²) in [5.74, 6) is 0.601. The molecule has 1 aromatic carbocycles. The highest BCUT2D eigenvalue weighted by Crippen LogP contribution is 2.20. The third kappa shape index (κ3) is 3.59. The van der Waals surface area contributed by atoms with Gasteiger partial charge in [0.25, 0.3) is 0 Å². The molecule has 6 nitrogen and oxygen atoms in total. The van der Waals surface area contributed by atoms with Gasteiger partial charge in [0.2, 0.25) is 5.89 Å². The van der Waals surface area contributed by atoms with Gasteiger partial charge in [-0.1, -0.05) is 5.10 Å². The average molecular weight is 333 g/mol. The van der Waals surface area contributed by atoms with E-state index in [1.165, 1.54) is 24.3 Å². The number of nitrogens with zero attached hydrogens (tertiary/aromatic N) is 3. The van der Waals surface area contributed by atoms with Gasteiger partial charge < -0.3 is 9.15 Å². The van der Waals surface area contributed by atoms with E-state index in [1.54, 1.807) is 25.4 Å². The Kier molecular flexibility index (Phi) is 4.42. The molecular formula is C15H12FN3O3S. The van der Waals surface area contributed by atoms with E-state index in [1.807, 2.05) is 0 Å². The second-order valence-corrected chi connectivity index (χ2v) is 5.89. The minimum Gasteiger partial charge on any atom is -0.495 e. The van der Waals surface area contributed by atoms with Gasteiger partial charge in [0.05, 0.1) is 24.8 Å². The molecule has 3 aromatic rings. The Morgan fingerprint density at radius 3 is 2.61 bits per heavy atom. The molecule has 3 rings (SSSR count). The van der Waals surface area contributed by atoms with Gasteiger partial charge in [-0.05, 0) is 36.4 Å². The van der Waals surface area contributed by atoms with Crippen LogP contribution in [0.1, 0.15) is 5.69 Å². The molecule has 2 aromatic heterocycles. The third-order valence-electron chi connectivity index (χ3n) is 3.00. The summed E-state index contributed by atoms with van der Waals surface area (Å²) in [7, 11) is 0.0279. The maximum Gasteiger partial charge on any atom is 0.308 e. The molecule has 0 bridgehead atoms. The molecule has 1 atom stereocenters. The molecule has 0 saturated carbocycles. The summed E-state index contributed by atoms with van der Waals surface area (Å²) in [5.41, 5.74) is 1.18. The van der Waals surface area contributed by atoms with E-state index in [0.29, 0.717) is 17.0 Å². The van der Waals surface area contributed by atoms with Crippen LogP contribution in [-0.4, -0.2) is 26.5 Å². The van der Waals surface area contributed by atoms with Crippen LogP contribution in [0.4, 0.5) is 4.39 Å². The van der Waals surface area contributed by atoms with Crippen molar-refractivity contribution in [3.8, 4) is 17.2 Å². The zero-order valence-corrected chi connectivity index (χ0v) is 12.9. The first kappa shape index (κ1) is 15.3. The quantitative estimate of drug-likeness (QED) is 0.714. The number of halogens is 1. The fourth-order valence-corrected chi connectivity index (χ4v) is 2.69. The summed E-state index contributed by atoms with van der Waals surface area (Å²) < 4.78 is 35.6. The van der Waals surface area contributed by atoms with Gasteiger partial charge in [-0.2, -0.15) is 0 Å². The molecule has 23 heavy (non-hydrogen) atoms. The van der Waals surface area contributed by atoms with Gasteiger partial charge >= 0.3 is 5.22 Å². The van der Waals surface area contributed by atoms with Gasteiger partial charge in [0.15, 0.2) is 0 Å². The van der Waals surface area contributed by atoms with Crippen molar-refractivity contribution in [2.45, 2.75) is 11.0 Å². The molecule has 0 radical (unpaired) electrons. The summed E-state index contributed by atoms with van der Waals surface area (Å²) in [6.45, 7) is 0. The molecule has 0 aliphatic carbocycles. The van der Waals surface area contributed by atoms with E-state index in [9.17, 15) is 8.60 Å². The smallest absolute Gasteiger partial charge is 0.308 e. The lowest BCUT2D eigenvalue weighted by molar-refractivity contribution is 0.412. The normalized spacial score (nSPS) is 12.1. The van der Waals surface area contributed by atoms with Crippen molar-refractivity contribution in [3.05, 3.63) is 54.1 Å². The summed E-state index contributed by atoms with van der Waals surface area (Å²) in [5, 5.41) is 7.62. The summed E-state index contributed by atoms with van der Waals surface area (Å²) in [6, 6.07) is 9.06. The molecule has 0 spiro atoms. The van der Waals surface area contributed by atoms with E-state index < -0.39 is 10.8 Å². The van der Waals surface area contributed by atoms with E-state index in [-0.39, 0.29) is 22.7 Å². The number of aromatic nitrogens is 3. The molecule has 2 heterocycles. The van der Waals surface area contributed by atoms with Gasteiger partial charge in [0, 0.05) is 5.56 Å². The lowest BCUT2D eigenvalue weighted by Crippen LogP contribution is -1.99. The number of benzene rings is 1. The Labute approximate surface area is 133 Å². The van der Waals surface area contributed by atoms with Crippen molar-refractivity contribution in [1.29, 1.82) is 0 Å². The third-order valence-corrected chi connectivity index (χ3v) is 4.12. The second kappa shape index (κ2) is 6.66. The maximum absolute atomic E-state index is 12.9. The number of methoxy groups -OCH3 is 1. The predicted octanol–water partition coefficient (Wildman–Crippen LogP) is 2.59. The lowest BCUT2D eigenvalue weighted by Gasteiger charge is -2.00. The fourth-order valence-electron chi connectivity index (χ4n) is 1.82. The molecular weight excluding hydrogens is 321 g/mol. The molecule has 118 valence electrons. The number of rotatable bonds is 5. The minimum absolute atomic E-state index is 0.00180. The predicted molar refractivity (Wildman–Crippen MR) is 80.6 cm³/mol. The number of hydrogen-bond donors (Lipinski definition) is 0. The summed E-state index contributed by atoms with van der Waals surface area (Å²) in [4.78, 5) is 4.14. The molecule has 0 amide bonds. The first-order valence-corrected chi connectivity index (χ1v) is 7.94. The number of hydrogen-bond acceptors (Lipinski definition) is 6. The second-order valence-electron chi connectivity index (χ2n) is 4.56. The van der Waals surface area contributed by atoms with Gasteiger partial charge in [-0.3, -0.25) is 4.98 Å². The molecule has 0 fully saturated rings. The Balaban J connectivity index is 1.74. The highest BCUT2D eigenvalue weighted by Gasteiger charge is 2.15. The van der Waals surface area contributed by atoms with E-state index in [4.69, 9.17) is 9.15 Å². The minimum atomic E-state index is -1.52. The maximum atomic E-state index is 12.9. The topological polar surface area (TPSA) is 78.1 Å². The highest BCUT2D eigenvalue weighted by atomic mass is 32.2. The summed E-state index contributed by atoms with van der Waals surface area (Å²) in [6.07, 6.45) is 1.55. The molecule has 0 N–H and O–H groups in total. The van der Waals surface area contributed by atoms with E-state index in [0.717, 1.165) is 0 Å². The Morgan fingerprint density at radius 2 is 1.96 bits per heavy atom. The lowest BCUT2D eigenvalue weighted by atomic mass is 10.2. The fraction of sp³-hybridized carbons (Fsp3) is 0.133. The van der Waals surface area contributed by atoms with Crippen LogP contribution in [0.15, 0.2) is 52.2 Å². The summed E-state index contributed by atoms with van der Waals surface area (Å²) >= 11 is 0. The van der Waals surface area contributed by atoms with Crippen molar-refractivity contribution >= 4 is 10.8 Å². The van der Waals surface area contributed by atoms with Crippen molar-refractivity contribution in [2.75, 3.05) is 7.11 Å². The van der Waals surface area contributed by atoms with Crippen LogP contribution in [0.5, 0.6) is 5.75 Å². The van der Waals surface area contributed by atoms with E-state index >= 15 is 0 Å². The van der Waals surface area contributed by atoms with Gasteiger partial charge in [0.1, 0.15) is 22.4 Å². The highest BCUT2D eigenvalue weighted by molar-refractivity contribution is 7.83. The number of ether oxygens (including phenoxy) is 1. The Bertz CT molecular complexity index is 819. The zero-order chi connectivity index (χ0) is 16.2. The first-order valence-electron chi connectivity index (χ1n) is 6.62. The van der Waals surface area contributed by atoms with Crippen LogP contribution < -0.4 is 4.74 Å². The van der Waals surface area contributed by atoms with Crippen LogP contribution in [0.2, 0.25) is 0 Å². The van der Waals surface area contributed by atoms with Gasteiger partial charge in [-0.15, -0.1) is 5.10 Å². The van der Waals surface area contributed by atoms with Crippen molar-refractivity contribution in [3.63, 3.8) is 0 Å². The SMILES string of the molecule is COc1ccc(CS(=O)c2nnc(-c3ccc(F)cc3)o2)nc1. The standard InChI is InChI=1S/C15H12FN3O3S/c1-21-13-7-6-12(17-8-13)9-23(20)15-19-18-14(22-15)10-2-4-11(16)5-3-10/h2-8H,9H2,1H3. The monoisotopic (exact) mass is 333 g/mol. The Morgan fingerprint density at radius 1 is 1.17 bits per heavy atom. The van der Waals surface area contributed by atoms with Crippen LogP contribution in [0, 0.1) is 5.82 Å². The van der Waals surface area contributed by atoms with Crippen molar-refractivity contribution < 1.29 is 17.8 Å². The number of pyridine rings is 1. The molecule has 0 aliphatic rings. The Hall–Kier alpha value is -2.61. The van der Waals surface area contributed by atoms with Crippen LogP contribution >= 0.6 is 0 Å². The molecule has 1 unspecified atom stereocenters. The van der Waals surface area contributed by atoms with Gasteiger partial charge in [-0.25, -0.2) is 8.60 Å². The van der Waals surface area contributed by atoms with Crippen LogP contribution in [-0.2, 0) is 16.6 Å². The van der Waals surface area contributed by atoms with Crippen LogP contribution in [0.3, 0.4) is 0 Å².